The number of amides is 2. The van der Waals surface area contributed by atoms with E-state index in [9.17, 15) is 9.59 Å². The number of nitrogens with one attached hydrogen (secondary N) is 2. The van der Waals surface area contributed by atoms with E-state index in [1.165, 1.54) is 6.92 Å². The quantitative estimate of drug-likeness (QED) is 0.806. The Morgan fingerprint density at radius 2 is 1.83 bits per heavy atom. The summed E-state index contributed by atoms with van der Waals surface area (Å²) in [6.07, 6.45) is 1.60. The molecule has 7 nitrogen and oxygen atoms in total. The van der Waals surface area contributed by atoms with Crippen molar-refractivity contribution in [3.63, 3.8) is 0 Å². The Labute approximate surface area is 140 Å². The molecule has 0 spiro atoms. The van der Waals surface area contributed by atoms with E-state index in [1.807, 2.05) is 12.1 Å². The van der Waals surface area contributed by atoms with Crippen LogP contribution in [-0.2, 0) is 16.1 Å². The third-order valence-electron chi connectivity index (χ3n) is 3.10. The van der Waals surface area contributed by atoms with Gasteiger partial charge in [-0.2, -0.15) is 0 Å². The van der Waals surface area contributed by atoms with E-state index in [-0.39, 0.29) is 24.9 Å². The molecule has 0 saturated heterocycles. The van der Waals surface area contributed by atoms with Crippen molar-refractivity contribution in [1.82, 2.24) is 15.6 Å². The Morgan fingerprint density at radius 3 is 2.54 bits per heavy atom. The Balaban J connectivity index is 2.05. The van der Waals surface area contributed by atoms with Gasteiger partial charge in [0.25, 0.3) is 0 Å². The van der Waals surface area contributed by atoms with Gasteiger partial charge in [0.15, 0.2) is 11.5 Å². The summed E-state index contributed by atoms with van der Waals surface area (Å²) in [4.78, 5) is 26.7. The summed E-state index contributed by atoms with van der Waals surface area (Å²) >= 11 is 0. The van der Waals surface area contributed by atoms with Crippen LogP contribution in [0.5, 0.6) is 17.4 Å². The summed E-state index contributed by atoms with van der Waals surface area (Å²) in [7, 11) is 1.56. The van der Waals surface area contributed by atoms with Gasteiger partial charge in [-0.25, -0.2) is 4.98 Å². The standard InChI is InChI=1S/C17H19N3O4/c1-12(21)19-11-16(22)20-10-13-6-5-9-18-17(13)24-15-8-4-3-7-14(15)23-2/h3-9H,10-11H2,1-2H3,(H,19,21)(H,20,22). The summed E-state index contributed by atoms with van der Waals surface area (Å²) in [6.45, 7) is 1.52. The lowest BCUT2D eigenvalue weighted by atomic mass is 10.2. The van der Waals surface area contributed by atoms with E-state index in [0.717, 1.165) is 0 Å². The molecule has 0 aliphatic heterocycles. The Bertz CT molecular complexity index is 718. The number of hydrogen-bond acceptors (Lipinski definition) is 5. The van der Waals surface area contributed by atoms with Crippen LogP contribution in [-0.4, -0.2) is 30.5 Å². The third-order valence-corrected chi connectivity index (χ3v) is 3.10. The molecule has 2 amide bonds. The Hall–Kier alpha value is -3.09. The maximum atomic E-state index is 11.7. The minimum atomic E-state index is -0.294. The highest BCUT2D eigenvalue weighted by molar-refractivity contribution is 5.83. The van der Waals surface area contributed by atoms with Crippen LogP contribution in [0.15, 0.2) is 42.6 Å². The van der Waals surface area contributed by atoms with Crippen LogP contribution in [0.2, 0.25) is 0 Å². The lowest BCUT2D eigenvalue weighted by Crippen LogP contribution is -2.35. The largest absolute Gasteiger partial charge is 0.493 e. The normalized spacial score (nSPS) is 9.92. The first kappa shape index (κ1) is 17.3. The number of nitrogens with zero attached hydrogens (tertiary/aromatic N) is 1. The zero-order valence-electron chi connectivity index (χ0n) is 13.5. The number of methoxy groups -OCH3 is 1. The van der Waals surface area contributed by atoms with Crippen LogP contribution in [0, 0.1) is 0 Å². The van der Waals surface area contributed by atoms with Crippen LogP contribution in [0.4, 0.5) is 0 Å². The molecular weight excluding hydrogens is 310 g/mol. The highest BCUT2D eigenvalue weighted by Gasteiger charge is 2.11. The van der Waals surface area contributed by atoms with E-state index in [0.29, 0.717) is 22.9 Å². The van der Waals surface area contributed by atoms with Crippen molar-refractivity contribution >= 4 is 11.8 Å². The summed E-state index contributed by atoms with van der Waals surface area (Å²) < 4.78 is 11.1. The molecule has 1 aromatic heterocycles. The van der Waals surface area contributed by atoms with Gasteiger partial charge >= 0.3 is 0 Å². The van der Waals surface area contributed by atoms with Crippen molar-refractivity contribution in [3.8, 4) is 17.4 Å². The van der Waals surface area contributed by atoms with Crippen molar-refractivity contribution < 1.29 is 19.1 Å². The molecule has 2 rings (SSSR count). The predicted molar refractivity (Wildman–Crippen MR) is 87.8 cm³/mol. The number of ether oxygens (including phenoxy) is 2. The van der Waals surface area contributed by atoms with Gasteiger partial charge in [0.1, 0.15) is 0 Å². The monoisotopic (exact) mass is 329 g/mol. The summed E-state index contributed by atoms with van der Waals surface area (Å²) in [5, 5.41) is 5.14. The highest BCUT2D eigenvalue weighted by atomic mass is 16.5. The van der Waals surface area contributed by atoms with Crippen molar-refractivity contribution in [3.05, 3.63) is 48.2 Å². The predicted octanol–water partition coefficient (Wildman–Crippen LogP) is 1.63. The first-order valence-electron chi connectivity index (χ1n) is 7.36. The smallest absolute Gasteiger partial charge is 0.239 e. The van der Waals surface area contributed by atoms with Gasteiger partial charge in [-0.15, -0.1) is 0 Å². The molecule has 0 saturated carbocycles. The van der Waals surface area contributed by atoms with Gasteiger partial charge in [-0.1, -0.05) is 18.2 Å². The van der Waals surface area contributed by atoms with E-state index in [2.05, 4.69) is 15.6 Å². The molecule has 2 N–H and O–H groups in total. The molecule has 0 bridgehead atoms. The van der Waals surface area contributed by atoms with Crippen molar-refractivity contribution in [1.29, 1.82) is 0 Å². The number of benzene rings is 1. The van der Waals surface area contributed by atoms with Crippen LogP contribution >= 0.6 is 0 Å². The van der Waals surface area contributed by atoms with Crippen molar-refractivity contribution in [2.24, 2.45) is 0 Å². The molecule has 0 aliphatic rings. The molecule has 1 heterocycles. The first-order chi connectivity index (χ1) is 11.6. The highest BCUT2D eigenvalue weighted by Crippen LogP contribution is 2.31. The van der Waals surface area contributed by atoms with Crippen LogP contribution in [0.1, 0.15) is 12.5 Å². The van der Waals surface area contributed by atoms with E-state index in [1.54, 1.807) is 37.6 Å². The van der Waals surface area contributed by atoms with Gasteiger partial charge in [0, 0.05) is 25.2 Å². The van der Waals surface area contributed by atoms with Crippen LogP contribution in [0.25, 0.3) is 0 Å². The second kappa shape index (κ2) is 8.52. The van der Waals surface area contributed by atoms with Gasteiger partial charge in [-0.3, -0.25) is 9.59 Å². The van der Waals surface area contributed by atoms with Crippen LogP contribution in [0.3, 0.4) is 0 Å². The molecule has 126 valence electrons. The minimum absolute atomic E-state index is 0.0711. The van der Waals surface area contributed by atoms with E-state index in [4.69, 9.17) is 9.47 Å². The number of aromatic nitrogens is 1. The van der Waals surface area contributed by atoms with Gasteiger partial charge in [0.2, 0.25) is 17.7 Å². The number of carbonyl (C=O) groups excluding carboxylic acids is 2. The molecule has 24 heavy (non-hydrogen) atoms. The van der Waals surface area contributed by atoms with Gasteiger partial charge in [0.05, 0.1) is 13.7 Å². The topological polar surface area (TPSA) is 89.6 Å². The lowest BCUT2D eigenvalue weighted by molar-refractivity contribution is -0.125. The molecule has 0 unspecified atom stereocenters. The number of rotatable bonds is 7. The number of hydrogen-bond donors (Lipinski definition) is 2. The molecule has 1 aromatic carbocycles. The second-order valence-corrected chi connectivity index (χ2v) is 4.91. The zero-order chi connectivity index (χ0) is 17.4. The lowest BCUT2D eigenvalue weighted by Gasteiger charge is -2.13. The average molecular weight is 329 g/mol. The third kappa shape index (κ3) is 4.98. The fraction of sp³-hybridized carbons (Fsp3) is 0.235. The Kier molecular flexibility index (Phi) is 6.13. The summed E-state index contributed by atoms with van der Waals surface area (Å²) in [6, 6.07) is 10.8. The number of para-hydroxylation sites is 2. The number of pyridine rings is 1. The molecule has 0 atom stereocenters. The molecule has 2 aromatic rings. The van der Waals surface area contributed by atoms with Gasteiger partial charge in [-0.05, 0) is 18.2 Å². The van der Waals surface area contributed by atoms with E-state index >= 15 is 0 Å². The molecule has 0 radical (unpaired) electrons. The SMILES string of the molecule is COc1ccccc1Oc1ncccc1CNC(=O)CNC(C)=O. The maximum absolute atomic E-state index is 11.7. The van der Waals surface area contributed by atoms with Crippen molar-refractivity contribution in [2.45, 2.75) is 13.5 Å². The first-order valence-corrected chi connectivity index (χ1v) is 7.36. The molecule has 7 heteroatoms. The maximum Gasteiger partial charge on any atom is 0.239 e. The molecule has 0 aliphatic carbocycles. The molecular formula is C17H19N3O4. The number of carbonyl (C=O) groups is 2. The molecule has 0 fully saturated rings. The zero-order valence-corrected chi connectivity index (χ0v) is 13.5. The second-order valence-electron chi connectivity index (χ2n) is 4.91. The fourth-order valence-corrected chi connectivity index (χ4v) is 1.92. The fourth-order valence-electron chi connectivity index (χ4n) is 1.92. The summed E-state index contributed by atoms with van der Waals surface area (Å²) in [5.74, 6) is 0.944. The average Bonchev–Trinajstić information content (AvgIpc) is 2.59. The van der Waals surface area contributed by atoms with Gasteiger partial charge < -0.3 is 20.1 Å². The minimum Gasteiger partial charge on any atom is -0.493 e. The Morgan fingerprint density at radius 1 is 1.08 bits per heavy atom. The van der Waals surface area contributed by atoms with Crippen LogP contribution < -0.4 is 20.1 Å². The van der Waals surface area contributed by atoms with Crippen molar-refractivity contribution in [2.75, 3.05) is 13.7 Å². The summed E-state index contributed by atoms with van der Waals surface area (Å²) in [5.41, 5.74) is 0.708. The van der Waals surface area contributed by atoms with E-state index < -0.39 is 0 Å².